The predicted octanol–water partition coefficient (Wildman–Crippen LogP) is 2.79. The van der Waals surface area contributed by atoms with Gasteiger partial charge in [-0.25, -0.2) is 4.39 Å². The highest BCUT2D eigenvalue weighted by Gasteiger charge is 2.04. The summed E-state index contributed by atoms with van der Waals surface area (Å²) in [5.74, 6) is -0.221. The summed E-state index contributed by atoms with van der Waals surface area (Å²) >= 11 is 0. The molecular weight excluding hydrogens is 217 g/mol. The van der Waals surface area contributed by atoms with Gasteiger partial charge in [0.25, 0.3) is 0 Å². The summed E-state index contributed by atoms with van der Waals surface area (Å²) in [6.07, 6.45) is 1.97. The van der Waals surface area contributed by atoms with Gasteiger partial charge in [0.2, 0.25) is 0 Å². The molecule has 0 spiro atoms. The third-order valence-corrected chi connectivity index (χ3v) is 2.78. The molecule has 0 fully saturated rings. The molecule has 1 aromatic heterocycles. The molecule has 0 saturated heterocycles. The van der Waals surface area contributed by atoms with Crippen molar-refractivity contribution in [3.05, 3.63) is 47.0 Å². The Labute approximate surface area is 100 Å². The maximum Gasteiger partial charge on any atom is 0.125 e. The first kappa shape index (κ1) is 11.6. The van der Waals surface area contributed by atoms with Crippen LogP contribution < -0.4 is 5.32 Å². The predicted molar refractivity (Wildman–Crippen MR) is 66.4 cm³/mol. The number of nitrogens with one attached hydrogen (secondary N) is 1. The lowest BCUT2D eigenvalue weighted by atomic mass is 10.2. The van der Waals surface area contributed by atoms with Crippen LogP contribution in [0.25, 0.3) is 0 Å². The van der Waals surface area contributed by atoms with Crippen LogP contribution in [0.3, 0.4) is 0 Å². The van der Waals surface area contributed by atoms with E-state index in [-0.39, 0.29) is 5.82 Å². The minimum Gasteiger partial charge on any atom is -0.381 e. The number of rotatable bonds is 3. The lowest BCUT2D eigenvalue weighted by Gasteiger charge is -2.08. The van der Waals surface area contributed by atoms with E-state index in [1.54, 1.807) is 10.7 Å². The minimum absolute atomic E-state index is 0.221. The van der Waals surface area contributed by atoms with E-state index in [1.807, 2.05) is 27.1 Å². The van der Waals surface area contributed by atoms with Gasteiger partial charge in [-0.3, -0.25) is 4.68 Å². The van der Waals surface area contributed by atoms with Crippen molar-refractivity contribution >= 4 is 5.69 Å². The molecule has 0 bridgehead atoms. The van der Waals surface area contributed by atoms with E-state index in [9.17, 15) is 4.39 Å². The first-order valence-electron chi connectivity index (χ1n) is 5.55. The lowest BCUT2D eigenvalue weighted by Crippen LogP contribution is -2.01. The van der Waals surface area contributed by atoms with E-state index >= 15 is 0 Å². The maximum absolute atomic E-state index is 13.1. The number of halogens is 1. The third kappa shape index (κ3) is 2.64. The Morgan fingerprint density at radius 2 is 2.12 bits per heavy atom. The Morgan fingerprint density at radius 1 is 1.35 bits per heavy atom. The molecule has 0 aliphatic rings. The van der Waals surface area contributed by atoms with Gasteiger partial charge in [-0.2, -0.15) is 5.10 Å². The van der Waals surface area contributed by atoms with Crippen LogP contribution in [0.5, 0.6) is 0 Å². The van der Waals surface area contributed by atoms with Gasteiger partial charge in [-0.1, -0.05) is 6.07 Å². The zero-order valence-corrected chi connectivity index (χ0v) is 10.3. The van der Waals surface area contributed by atoms with Crippen molar-refractivity contribution in [2.24, 2.45) is 7.05 Å². The summed E-state index contributed by atoms with van der Waals surface area (Å²) in [7, 11) is 1.89. The quantitative estimate of drug-likeness (QED) is 0.883. The van der Waals surface area contributed by atoms with Crippen LogP contribution in [0.1, 0.15) is 16.8 Å². The summed E-state index contributed by atoms with van der Waals surface area (Å²) in [4.78, 5) is 0. The SMILES string of the molecule is Cc1ccc(F)cc1NCc1cn(C)nc1C. The van der Waals surface area contributed by atoms with Crippen LogP contribution in [0.15, 0.2) is 24.4 Å². The van der Waals surface area contributed by atoms with E-state index in [0.717, 1.165) is 22.5 Å². The van der Waals surface area contributed by atoms with Gasteiger partial charge in [-0.15, -0.1) is 0 Å². The van der Waals surface area contributed by atoms with Crippen LogP contribution in [0.2, 0.25) is 0 Å². The smallest absolute Gasteiger partial charge is 0.125 e. The summed E-state index contributed by atoms with van der Waals surface area (Å²) in [6, 6.07) is 4.75. The molecule has 2 rings (SSSR count). The third-order valence-electron chi connectivity index (χ3n) is 2.78. The molecule has 0 amide bonds. The summed E-state index contributed by atoms with van der Waals surface area (Å²) in [6.45, 7) is 4.58. The molecule has 1 heterocycles. The van der Waals surface area contributed by atoms with Crippen molar-refractivity contribution in [3.63, 3.8) is 0 Å². The standard InChI is InChI=1S/C13H16FN3/c1-9-4-5-12(14)6-13(9)15-7-11-8-17(3)16-10(11)2/h4-6,8,15H,7H2,1-3H3. The average Bonchev–Trinajstić information content (AvgIpc) is 2.59. The van der Waals surface area contributed by atoms with E-state index in [2.05, 4.69) is 10.4 Å². The van der Waals surface area contributed by atoms with E-state index in [0.29, 0.717) is 6.54 Å². The fourth-order valence-corrected chi connectivity index (χ4v) is 1.80. The molecule has 3 nitrogen and oxygen atoms in total. The monoisotopic (exact) mass is 233 g/mol. The van der Waals surface area contributed by atoms with E-state index in [1.165, 1.54) is 12.1 Å². The van der Waals surface area contributed by atoms with Crippen LogP contribution in [0.4, 0.5) is 10.1 Å². The highest BCUT2D eigenvalue weighted by Crippen LogP contribution is 2.17. The van der Waals surface area contributed by atoms with E-state index in [4.69, 9.17) is 0 Å². The first-order valence-corrected chi connectivity index (χ1v) is 5.55. The number of hydrogen-bond acceptors (Lipinski definition) is 2. The van der Waals surface area contributed by atoms with Crippen LogP contribution in [-0.2, 0) is 13.6 Å². The van der Waals surface area contributed by atoms with E-state index < -0.39 is 0 Å². The van der Waals surface area contributed by atoms with Crippen molar-refractivity contribution in [2.45, 2.75) is 20.4 Å². The Kier molecular flexibility index (Phi) is 3.13. The average molecular weight is 233 g/mol. The molecule has 17 heavy (non-hydrogen) atoms. The number of anilines is 1. The molecule has 0 unspecified atom stereocenters. The minimum atomic E-state index is -0.221. The van der Waals surface area contributed by atoms with Gasteiger partial charge < -0.3 is 5.32 Å². The molecule has 1 aromatic carbocycles. The summed E-state index contributed by atoms with van der Waals surface area (Å²) in [5.41, 5.74) is 3.98. The molecule has 0 radical (unpaired) electrons. The molecule has 0 saturated carbocycles. The second-order valence-corrected chi connectivity index (χ2v) is 4.23. The van der Waals surface area contributed by atoms with Gasteiger partial charge >= 0.3 is 0 Å². The highest BCUT2D eigenvalue weighted by molar-refractivity contribution is 5.51. The topological polar surface area (TPSA) is 29.9 Å². The number of aromatic nitrogens is 2. The number of nitrogens with zero attached hydrogens (tertiary/aromatic N) is 2. The molecule has 0 atom stereocenters. The van der Waals surface area contributed by atoms with Crippen LogP contribution >= 0.6 is 0 Å². The molecule has 4 heteroatoms. The second-order valence-electron chi connectivity index (χ2n) is 4.23. The van der Waals surface area contributed by atoms with Crippen LogP contribution in [-0.4, -0.2) is 9.78 Å². The summed E-state index contributed by atoms with van der Waals surface area (Å²) < 4.78 is 14.9. The van der Waals surface area contributed by atoms with Crippen molar-refractivity contribution < 1.29 is 4.39 Å². The number of aryl methyl sites for hydroxylation is 3. The van der Waals surface area contributed by atoms with Crippen molar-refractivity contribution in [2.75, 3.05) is 5.32 Å². The first-order chi connectivity index (χ1) is 8.06. The molecular formula is C13H16FN3. The Balaban J connectivity index is 2.12. The fourth-order valence-electron chi connectivity index (χ4n) is 1.80. The van der Waals surface area contributed by atoms with Gasteiger partial charge in [0, 0.05) is 31.0 Å². The highest BCUT2D eigenvalue weighted by atomic mass is 19.1. The largest absolute Gasteiger partial charge is 0.381 e. The molecule has 0 aliphatic heterocycles. The Morgan fingerprint density at radius 3 is 2.76 bits per heavy atom. The van der Waals surface area contributed by atoms with Crippen molar-refractivity contribution in [1.29, 1.82) is 0 Å². The Bertz CT molecular complexity index is 531. The van der Waals surface area contributed by atoms with Gasteiger partial charge in [0.15, 0.2) is 0 Å². The van der Waals surface area contributed by atoms with Gasteiger partial charge in [0.1, 0.15) is 5.82 Å². The van der Waals surface area contributed by atoms with Crippen molar-refractivity contribution in [1.82, 2.24) is 9.78 Å². The number of hydrogen-bond donors (Lipinski definition) is 1. The molecule has 2 aromatic rings. The normalized spacial score (nSPS) is 10.6. The molecule has 1 N–H and O–H groups in total. The van der Waals surface area contributed by atoms with Gasteiger partial charge in [-0.05, 0) is 31.5 Å². The molecule has 0 aliphatic carbocycles. The Hall–Kier alpha value is -1.84. The summed E-state index contributed by atoms with van der Waals surface area (Å²) in [5, 5.41) is 7.50. The fraction of sp³-hybridized carbons (Fsp3) is 0.308. The van der Waals surface area contributed by atoms with Crippen molar-refractivity contribution in [3.8, 4) is 0 Å². The van der Waals surface area contributed by atoms with Crippen LogP contribution in [0, 0.1) is 19.7 Å². The zero-order valence-electron chi connectivity index (χ0n) is 10.3. The number of benzene rings is 1. The second kappa shape index (κ2) is 4.57. The molecule has 90 valence electrons. The zero-order chi connectivity index (χ0) is 12.4. The lowest BCUT2D eigenvalue weighted by molar-refractivity contribution is 0.628. The maximum atomic E-state index is 13.1. The van der Waals surface area contributed by atoms with Gasteiger partial charge in [0.05, 0.1) is 5.69 Å².